The van der Waals surface area contributed by atoms with Crippen molar-refractivity contribution in [2.45, 2.75) is 5.75 Å². The zero-order valence-electron chi connectivity index (χ0n) is 4.76. The Balaban J connectivity index is 2.94. The SMILES string of the molecule is SCc1[c]ccc(Cl)c1. The van der Waals surface area contributed by atoms with Crippen LogP contribution in [0, 0.1) is 6.07 Å². The summed E-state index contributed by atoms with van der Waals surface area (Å²) in [5.74, 6) is 0.695. The van der Waals surface area contributed by atoms with Crippen molar-refractivity contribution in [3.05, 3.63) is 34.9 Å². The van der Waals surface area contributed by atoms with E-state index in [1.165, 1.54) is 0 Å². The lowest BCUT2D eigenvalue weighted by Crippen LogP contribution is -1.74. The van der Waals surface area contributed by atoms with Gasteiger partial charge in [0, 0.05) is 10.8 Å². The van der Waals surface area contributed by atoms with Gasteiger partial charge in [-0.05, 0) is 23.8 Å². The lowest BCUT2D eigenvalue weighted by Gasteiger charge is -1.92. The predicted octanol–water partition coefficient (Wildman–Crippen LogP) is 2.57. The highest BCUT2D eigenvalue weighted by molar-refractivity contribution is 7.79. The van der Waals surface area contributed by atoms with Crippen LogP contribution in [0.4, 0.5) is 0 Å². The van der Waals surface area contributed by atoms with Crippen LogP contribution in [0.5, 0.6) is 0 Å². The molecule has 0 fully saturated rings. The van der Waals surface area contributed by atoms with E-state index in [-0.39, 0.29) is 0 Å². The van der Waals surface area contributed by atoms with Crippen LogP contribution in [0.1, 0.15) is 5.56 Å². The molecule has 0 N–H and O–H groups in total. The van der Waals surface area contributed by atoms with Crippen molar-refractivity contribution >= 4 is 24.2 Å². The summed E-state index contributed by atoms with van der Waals surface area (Å²) in [4.78, 5) is 0. The fraction of sp³-hybridized carbons (Fsp3) is 0.143. The van der Waals surface area contributed by atoms with E-state index in [1.54, 1.807) is 12.1 Å². The minimum Gasteiger partial charge on any atom is -0.175 e. The maximum Gasteiger partial charge on any atom is 0.0409 e. The molecule has 9 heavy (non-hydrogen) atoms. The van der Waals surface area contributed by atoms with Gasteiger partial charge in [0.15, 0.2) is 0 Å². The maximum absolute atomic E-state index is 5.67. The van der Waals surface area contributed by atoms with E-state index >= 15 is 0 Å². The molecule has 0 bridgehead atoms. The van der Waals surface area contributed by atoms with E-state index in [4.69, 9.17) is 11.6 Å². The second kappa shape index (κ2) is 3.14. The Labute approximate surface area is 65.3 Å². The zero-order chi connectivity index (χ0) is 6.69. The Kier molecular flexibility index (Phi) is 2.43. The minimum absolute atomic E-state index is 0.695. The number of rotatable bonds is 1. The van der Waals surface area contributed by atoms with Gasteiger partial charge in [-0.25, -0.2) is 0 Å². The summed E-state index contributed by atoms with van der Waals surface area (Å²) >= 11 is 9.74. The molecule has 47 valence electrons. The molecule has 0 nitrogen and oxygen atoms in total. The fourth-order valence-corrected chi connectivity index (χ4v) is 0.953. The van der Waals surface area contributed by atoms with Gasteiger partial charge in [-0.2, -0.15) is 12.6 Å². The molecule has 1 aromatic carbocycles. The minimum atomic E-state index is 0.695. The van der Waals surface area contributed by atoms with Gasteiger partial charge in [0.1, 0.15) is 0 Å². The molecular weight excluding hydrogens is 152 g/mol. The van der Waals surface area contributed by atoms with Crippen LogP contribution in [0.15, 0.2) is 18.2 Å². The molecule has 2 heteroatoms. The molecule has 0 aromatic heterocycles. The van der Waals surface area contributed by atoms with Crippen LogP contribution in [-0.4, -0.2) is 0 Å². The number of thiol groups is 1. The van der Waals surface area contributed by atoms with Crippen molar-refractivity contribution in [2.75, 3.05) is 0 Å². The van der Waals surface area contributed by atoms with Gasteiger partial charge >= 0.3 is 0 Å². The van der Waals surface area contributed by atoms with E-state index in [0.29, 0.717) is 5.75 Å². The normalized spacial score (nSPS) is 9.56. The Bertz CT molecular complexity index is 198. The highest BCUT2D eigenvalue weighted by Crippen LogP contribution is 2.10. The molecule has 0 saturated heterocycles. The first-order valence-corrected chi connectivity index (χ1v) is 3.61. The van der Waals surface area contributed by atoms with Gasteiger partial charge in [0.25, 0.3) is 0 Å². The lowest BCUT2D eigenvalue weighted by atomic mass is 10.2. The second-order valence-electron chi connectivity index (χ2n) is 1.69. The summed E-state index contributed by atoms with van der Waals surface area (Å²) in [6.07, 6.45) is 0. The zero-order valence-corrected chi connectivity index (χ0v) is 6.41. The molecule has 0 amide bonds. The summed E-state index contributed by atoms with van der Waals surface area (Å²) in [7, 11) is 0. The van der Waals surface area contributed by atoms with Crippen molar-refractivity contribution in [1.29, 1.82) is 0 Å². The fourth-order valence-electron chi connectivity index (χ4n) is 0.576. The van der Waals surface area contributed by atoms with Gasteiger partial charge in [0.2, 0.25) is 0 Å². The molecule has 0 atom stereocenters. The summed E-state index contributed by atoms with van der Waals surface area (Å²) in [5.41, 5.74) is 1.03. The Morgan fingerprint density at radius 2 is 2.44 bits per heavy atom. The predicted molar refractivity (Wildman–Crippen MR) is 43.0 cm³/mol. The quantitative estimate of drug-likeness (QED) is 0.596. The Hall–Kier alpha value is -0.140. The number of hydrogen-bond acceptors (Lipinski definition) is 1. The lowest BCUT2D eigenvalue weighted by molar-refractivity contribution is 1.42. The van der Waals surface area contributed by atoms with Crippen LogP contribution in [0.3, 0.4) is 0 Å². The number of benzene rings is 1. The first-order valence-electron chi connectivity index (χ1n) is 2.60. The van der Waals surface area contributed by atoms with E-state index < -0.39 is 0 Å². The molecule has 0 heterocycles. The first-order chi connectivity index (χ1) is 4.33. The van der Waals surface area contributed by atoms with E-state index in [9.17, 15) is 0 Å². The Morgan fingerprint density at radius 3 is 2.89 bits per heavy atom. The van der Waals surface area contributed by atoms with Crippen molar-refractivity contribution in [3.63, 3.8) is 0 Å². The molecule has 1 radical (unpaired) electrons. The third-order valence-corrected chi connectivity index (χ3v) is 1.57. The largest absolute Gasteiger partial charge is 0.175 e. The molecule has 0 aliphatic rings. The maximum atomic E-state index is 5.67. The smallest absolute Gasteiger partial charge is 0.0409 e. The summed E-state index contributed by atoms with van der Waals surface area (Å²) < 4.78 is 0. The highest BCUT2D eigenvalue weighted by Gasteiger charge is 1.88. The highest BCUT2D eigenvalue weighted by atomic mass is 35.5. The topological polar surface area (TPSA) is 0 Å². The molecule has 0 spiro atoms. The Morgan fingerprint density at radius 1 is 1.67 bits per heavy atom. The van der Waals surface area contributed by atoms with E-state index in [0.717, 1.165) is 10.6 Å². The van der Waals surface area contributed by atoms with Gasteiger partial charge < -0.3 is 0 Å². The summed E-state index contributed by atoms with van der Waals surface area (Å²) in [6, 6.07) is 8.45. The van der Waals surface area contributed by atoms with Gasteiger partial charge in [0.05, 0.1) is 0 Å². The van der Waals surface area contributed by atoms with Crippen molar-refractivity contribution < 1.29 is 0 Å². The van der Waals surface area contributed by atoms with Crippen LogP contribution < -0.4 is 0 Å². The van der Waals surface area contributed by atoms with Crippen molar-refractivity contribution in [3.8, 4) is 0 Å². The molecule has 1 rings (SSSR count). The molecular formula is C7H6ClS. The molecule has 0 aliphatic carbocycles. The third-order valence-electron chi connectivity index (χ3n) is 0.994. The number of hydrogen-bond donors (Lipinski definition) is 1. The van der Waals surface area contributed by atoms with Crippen LogP contribution in [0.2, 0.25) is 5.02 Å². The van der Waals surface area contributed by atoms with Crippen LogP contribution in [-0.2, 0) is 5.75 Å². The molecule has 0 saturated carbocycles. The second-order valence-corrected chi connectivity index (χ2v) is 2.44. The molecule has 1 aromatic rings. The van der Waals surface area contributed by atoms with Crippen molar-refractivity contribution in [1.82, 2.24) is 0 Å². The van der Waals surface area contributed by atoms with Gasteiger partial charge in [-0.1, -0.05) is 17.7 Å². The monoisotopic (exact) mass is 157 g/mol. The van der Waals surface area contributed by atoms with Crippen molar-refractivity contribution in [2.24, 2.45) is 0 Å². The number of halogens is 1. The van der Waals surface area contributed by atoms with Gasteiger partial charge in [-0.3, -0.25) is 0 Å². The average Bonchev–Trinajstić information content (AvgIpc) is 1.88. The van der Waals surface area contributed by atoms with E-state index in [1.807, 2.05) is 6.07 Å². The standard InChI is InChI=1S/C7H6ClS/c8-7-3-1-2-6(4-7)5-9/h1,3-4,9H,5H2. The molecule has 0 unspecified atom stereocenters. The van der Waals surface area contributed by atoms with Crippen LogP contribution >= 0.6 is 24.2 Å². The molecule has 0 aliphatic heterocycles. The van der Waals surface area contributed by atoms with Crippen LogP contribution in [0.25, 0.3) is 0 Å². The first kappa shape index (κ1) is 6.97. The third kappa shape index (κ3) is 1.92. The van der Waals surface area contributed by atoms with E-state index in [2.05, 4.69) is 18.7 Å². The summed E-state index contributed by atoms with van der Waals surface area (Å²) in [6.45, 7) is 0. The van der Waals surface area contributed by atoms with Gasteiger partial charge in [-0.15, -0.1) is 0 Å². The average molecular weight is 158 g/mol. The summed E-state index contributed by atoms with van der Waals surface area (Å²) in [5, 5.41) is 0.748.